The molecule has 2 unspecified atom stereocenters. The van der Waals surface area contributed by atoms with Crippen molar-refractivity contribution in [1.29, 1.82) is 0 Å². The SMILES string of the molecule is CN(C)C(=O)CN=C(NCC1CCOC1)N1CCCC(CC(N)=O)C1. The van der Waals surface area contributed by atoms with Crippen LogP contribution in [0.25, 0.3) is 0 Å². The second-order valence-corrected chi connectivity index (χ2v) is 7.16. The quantitative estimate of drug-likeness (QED) is 0.502. The number of hydrogen-bond donors (Lipinski definition) is 2. The highest BCUT2D eigenvalue weighted by Crippen LogP contribution is 2.19. The number of nitrogens with two attached hydrogens (primary N) is 1. The van der Waals surface area contributed by atoms with Crippen molar-refractivity contribution in [2.24, 2.45) is 22.6 Å². The number of carbonyl (C=O) groups is 2. The topological polar surface area (TPSA) is 100 Å². The van der Waals surface area contributed by atoms with Crippen LogP contribution in [0.1, 0.15) is 25.7 Å². The first kappa shape index (κ1) is 19.5. The van der Waals surface area contributed by atoms with E-state index in [1.807, 2.05) is 0 Å². The van der Waals surface area contributed by atoms with Gasteiger partial charge in [-0.25, -0.2) is 4.99 Å². The molecular weight excluding hydrogens is 322 g/mol. The van der Waals surface area contributed by atoms with E-state index in [-0.39, 0.29) is 24.3 Å². The molecule has 0 radical (unpaired) electrons. The zero-order valence-corrected chi connectivity index (χ0v) is 15.4. The first-order valence-corrected chi connectivity index (χ1v) is 9.05. The maximum atomic E-state index is 11.9. The van der Waals surface area contributed by atoms with Gasteiger partial charge in [0.25, 0.3) is 0 Å². The smallest absolute Gasteiger partial charge is 0.243 e. The minimum atomic E-state index is -0.260. The van der Waals surface area contributed by atoms with Crippen LogP contribution in [0.4, 0.5) is 0 Å². The fourth-order valence-corrected chi connectivity index (χ4v) is 3.24. The molecule has 2 aliphatic rings. The first-order chi connectivity index (χ1) is 12.0. The molecule has 2 amide bonds. The molecule has 3 N–H and O–H groups in total. The predicted molar refractivity (Wildman–Crippen MR) is 96.0 cm³/mol. The molecule has 2 aliphatic heterocycles. The van der Waals surface area contributed by atoms with E-state index in [1.54, 1.807) is 14.1 Å². The maximum absolute atomic E-state index is 11.9. The van der Waals surface area contributed by atoms with E-state index in [4.69, 9.17) is 10.5 Å². The molecule has 0 spiro atoms. The van der Waals surface area contributed by atoms with E-state index >= 15 is 0 Å². The molecule has 0 aromatic carbocycles. The lowest BCUT2D eigenvalue weighted by Gasteiger charge is -2.35. The van der Waals surface area contributed by atoms with E-state index in [0.29, 0.717) is 12.3 Å². The molecule has 2 rings (SSSR count). The average Bonchev–Trinajstić information content (AvgIpc) is 3.07. The summed E-state index contributed by atoms with van der Waals surface area (Å²) in [5, 5.41) is 3.41. The number of rotatable bonds is 6. The number of guanidine groups is 1. The molecular formula is C17H31N5O3. The summed E-state index contributed by atoms with van der Waals surface area (Å²) in [5.41, 5.74) is 5.35. The van der Waals surface area contributed by atoms with Crippen LogP contribution >= 0.6 is 0 Å². The van der Waals surface area contributed by atoms with Crippen molar-refractivity contribution >= 4 is 17.8 Å². The third-order valence-electron chi connectivity index (χ3n) is 4.74. The maximum Gasteiger partial charge on any atom is 0.243 e. The van der Waals surface area contributed by atoms with Crippen molar-refractivity contribution < 1.29 is 14.3 Å². The lowest BCUT2D eigenvalue weighted by Crippen LogP contribution is -2.48. The molecule has 8 heteroatoms. The molecule has 25 heavy (non-hydrogen) atoms. The molecule has 0 aromatic heterocycles. The molecule has 142 valence electrons. The Morgan fingerprint density at radius 2 is 2.12 bits per heavy atom. The number of aliphatic imine (C=N–C) groups is 1. The van der Waals surface area contributed by atoms with Gasteiger partial charge in [-0.05, 0) is 25.2 Å². The Labute approximate surface area is 149 Å². The van der Waals surface area contributed by atoms with Gasteiger partial charge in [-0.2, -0.15) is 0 Å². The van der Waals surface area contributed by atoms with Gasteiger partial charge in [0.05, 0.1) is 6.61 Å². The van der Waals surface area contributed by atoms with Gasteiger partial charge in [-0.3, -0.25) is 9.59 Å². The summed E-state index contributed by atoms with van der Waals surface area (Å²) in [6.07, 6.45) is 3.44. The van der Waals surface area contributed by atoms with Crippen LogP contribution in [0.2, 0.25) is 0 Å². The Balaban J connectivity index is 1.99. The largest absolute Gasteiger partial charge is 0.381 e. The lowest BCUT2D eigenvalue weighted by molar-refractivity contribution is -0.127. The number of hydrogen-bond acceptors (Lipinski definition) is 4. The minimum Gasteiger partial charge on any atom is -0.381 e. The summed E-state index contributed by atoms with van der Waals surface area (Å²) in [7, 11) is 3.45. The van der Waals surface area contributed by atoms with Crippen molar-refractivity contribution in [3.05, 3.63) is 0 Å². The number of piperidine rings is 1. The monoisotopic (exact) mass is 353 g/mol. The lowest BCUT2D eigenvalue weighted by atomic mass is 9.95. The summed E-state index contributed by atoms with van der Waals surface area (Å²) in [4.78, 5) is 31.3. The molecule has 2 saturated heterocycles. The average molecular weight is 353 g/mol. The van der Waals surface area contributed by atoms with Crippen molar-refractivity contribution in [1.82, 2.24) is 15.1 Å². The molecule has 8 nitrogen and oxygen atoms in total. The summed E-state index contributed by atoms with van der Waals surface area (Å²) in [6, 6.07) is 0. The Kier molecular flexibility index (Phi) is 7.49. The van der Waals surface area contributed by atoms with E-state index in [1.165, 1.54) is 4.90 Å². The minimum absolute atomic E-state index is 0.0332. The molecule has 0 aliphatic carbocycles. The van der Waals surface area contributed by atoms with Gasteiger partial charge in [-0.1, -0.05) is 0 Å². The number of nitrogens with zero attached hydrogens (tertiary/aromatic N) is 3. The zero-order chi connectivity index (χ0) is 18.2. The highest BCUT2D eigenvalue weighted by atomic mass is 16.5. The zero-order valence-electron chi connectivity index (χ0n) is 15.4. The van der Waals surface area contributed by atoms with E-state index in [0.717, 1.165) is 58.1 Å². The molecule has 0 bridgehead atoms. The van der Waals surface area contributed by atoms with Gasteiger partial charge in [0.15, 0.2) is 5.96 Å². The van der Waals surface area contributed by atoms with Crippen LogP contribution in [-0.2, 0) is 14.3 Å². The second-order valence-electron chi connectivity index (χ2n) is 7.16. The number of likely N-dealkylation sites (tertiary alicyclic amines) is 1. The van der Waals surface area contributed by atoms with Crippen LogP contribution < -0.4 is 11.1 Å². The summed E-state index contributed by atoms with van der Waals surface area (Å²) < 4.78 is 5.42. The normalized spacial score (nSPS) is 24.2. The molecule has 0 aromatic rings. The molecule has 2 fully saturated rings. The Bertz CT molecular complexity index is 489. The van der Waals surface area contributed by atoms with Gasteiger partial charge in [0, 0.05) is 52.7 Å². The predicted octanol–water partition coefficient (Wildman–Crippen LogP) is -0.356. The van der Waals surface area contributed by atoms with E-state index in [2.05, 4.69) is 15.2 Å². The molecule has 2 atom stereocenters. The Morgan fingerprint density at radius 1 is 1.32 bits per heavy atom. The number of nitrogens with one attached hydrogen (secondary N) is 1. The van der Waals surface area contributed by atoms with Crippen molar-refractivity contribution in [3.63, 3.8) is 0 Å². The van der Waals surface area contributed by atoms with Crippen LogP contribution in [0.3, 0.4) is 0 Å². The van der Waals surface area contributed by atoms with Gasteiger partial charge >= 0.3 is 0 Å². The first-order valence-electron chi connectivity index (χ1n) is 9.05. The van der Waals surface area contributed by atoms with Gasteiger partial charge < -0.3 is 25.6 Å². The highest BCUT2D eigenvalue weighted by molar-refractivity contribution is 5.85. The van der Waals surface area contributed by atoms with E-state index < -0.39 is 0 Å². The second kappa shape index (κ2) is 9.60. The Hall–Kier alpha value is -1.83. The number of likely N-dealkylation sites (N-methyl/N-ethyl adjacent to an activating group) is 1. The number of carbonyl (C=O) groups excluding carboxylic acids is 2. The fraction of sp³-hybridized carbons (Fsp3) is 0.824. The number of ether oxygens (including phenoxy) is 1. The standard InChI is InChI=1S/C17H31N5O3/c1-21(2)16(24)10-20-17(19-9-14-5-7-25-12-14)22-6-3-4-13(11-22)8-15(18)23/h13-14H,3-12H2,1-2H3,(H2,18,23)(H,19,20). The number of amides is 2. The highest BCUT2D eigenvalue weighted by Gasteiger charge is 2.25. The fourth-order valence-electron chi connectivity index (χ4n) is 3.24. The Morgan fingerprint density at radius 3 is 2.76 bits per heavy atom. The third kappa shape index (κ3) is 6.53. The van der Waals surface area contributed by atoms with E-state index in [9.17, 15) is 9.59 Å². The molecule has 2 heterocycles. The van der Waals surface area contributed by atoms with Crippen LogP contribution in [-0.4, -0.2) is 81.1 Å². The van der Waals surface area contributed by atoms with Crippen molar-refractivity contribution in [3.8, 4) is 0 Å². The van der Waals surface area contributed by atoms with Gasteiger partial charge in [0.1, 0.15) is 6.54 Å². The van der Waals surface area contributed by atoms with Crippen molar-refractivity contribution in [2.75, 3.05) is 53.5 Å². The van der Waals surface area contributed by atoms with Crippen LogP contribution in [0.5, 0.6) is 0 Å². The molecule has 0 saturated carbocycles. The summed E-state index contributed by atoms with van der Waals surface area (Å²) in [5.74, 6) is 1.17. The van der Waals surface area contributed by atoms with Crippen LogP contribution in [0, 0.1) is 11.8 Å². The van der Waals surface area contributed by atoms with Crippen LogP contribution in [0.15, 0.2) is 4.99 Å². The van der Waals surface area contributed by atoms with Gasteiger partial charge in [-0.15, -0.1) is 0 Å². The van der Waals surface area contributed by atoms with Crippen molar-refractivity contribution in [2.45, 2.75) is 25.7 Å². The van der Waals surface area contributed by atoms with Gasteiger partial charge in [0.2, 0.25) is 11.8 Å². The number of primary amides is 1. The summed E-state index contributed by atoms with van der Waals surface area (Å²) >= 11 is 0. The summed E-state index contributed by atoms with van der Waals surface area (Å²) in [6.45, 7) is 4.09. The third-order valence-corrected chi connectivity index (χ3v) is 4.74.